The molecule has 3 aromatic rings. The molecule has 0 radical (unpaired) electrons. The minimum atomic E-state index is -4.76. The Labute approximate surface area is 177 Å². The molecule has 4 rings (SSSR count). The number of halogens is 3. The lowest BCUT2D eigenvalue weighted by molar-refractivity contribution is -0.143. The maximum absolute atomic E-state index is 13.8. The number of carbonyl (C=O) groups excluding carboxylic acids is 1. The molecule has 2 heterocycles. The molecule has 162 valence electrons. The molecule has 0 unspecified atom stereocenters. The molecule has 6 nitrogen and oxygen atoms in total. The summed E-state index contributed by atoms with van der Waals surface area (Å²) in [6.45, 7) is 2.34. The van der Waals surface area contributed by atoms with Gasteiger partial charge in [-0.25, -0.2) is 9.67 Å². The minimum absolute atomic E-state index is 0.0293. The van der Waals surface area contributed by atoms with Gasteiger partial charge in [0.2, 0.25) is 5.88 Å². The molecule has 0 bridgehead atoms. The van der Waals surface area contributed by atoms with E-state index in [1.54, 1.807) is 37.3 Å². The summed E-state index contributed by atoms with van der Waals surface area (Å²) >= 11 is 0. The van der Waals surface area contributed by atoms with Crippen LogP contribution in [-0.2, 0) is 12.7 Å². The molecule has 1 amide bonds. The molecule has 1 N–H and O–H groups in total. The third-order valence-corrected chi connectivity index (χ3v) is 5.04. The average molecular weight is 430 g/mol. The van der Waals surface area contributed by atoms with Gasteiger partial charge in [0, 0.05) is 18.8 Å². The monoisotopic (exact) mass is 430 g/mol. The summed E-state index contributed by atoms with van der Waals surface area (Å²) < 4.78 is 47.7. The van der Waals surface area contributed by atoms with Crippen LogP contribution in [0, 0.1) is 12.8 Å². The molecule has 0 saturated heterocycles. The van der Waals surface area contributed by atoms with Crippen LogP contribution in [0.3, 0.4) is 0 Å². The van der Waals surface area contributed by atoms with Gasteiger partial charge in [0.15, 0.2) is 5.69 Å². The third-order valence-electron chi connectivity index (χ3n) is 5.04. The molecule has 31 heavy (non-hydrogen) atoms. The summed E-state index contributed by atoms with van der Waals surface area (Å²) in [6, 6.07) is 9.95. The summed E-state index contributed by atoms with van der Waals surface area (Å²) in [5.74, 6) is 0.228. The van der Waals surface area contributed by atoms with E-state index >= 15 is 0 Å². The molecule has 0 atom stereocenters. The number of nitrogens with one attached hydrogen (secondary N) is 1. The van der Waals surface area contributed by atoms with E-state index in [9.17, 15) is 18.0 Å². The second kappa shape index (κ2) is 8.41. The Balaban J connectivity index is 1.48. The van der Waals surface area contributed by atoms with Crippen LogP contribution < -0.4 is 10.1 Å². The second-order valence-corrected chi connectivity index (χ2v) is 7.54. The van der Waals surface area contributed by atoms with Crippen LogP contribution in [0.25, 0.3) is 5.69 Å². The SMILES string of the molecule is Cc1ccccc1-n1ncc(C(=O)NCc2ccc(OCC3CC3)nc2)c1C(F)(F)F. The van der Waals surface area contributed by atoms with Gasteiger partial charge in [-0.2, -0.15) is 18.3 Å². The predicted molar refractivity (Wildman–Crippen MR) is 107 cm³/mol. The average Bonchev–Trinajstić information content (AvgIpc) is 3.46. The van der Waals surface area contributed by atoms with Crippen LogP contribution in [-0.4, -0.2) is 27.3 Å². The fourth-order valence-electron chi connectivity index (χ4n) is 3.14. The van der Waals surface area contributed by atoms with E-state index in [4.69, 9.17) is 4.74 Å². The van der Waals surface area contributed by atoms with Crippen LogP contribution in [0.2, 0.25) is 0 Å². The number of amides is 1. The zero-order valence-corrected chi connectivity index (χ0v) is 16.8. The smallest absolute Gasteiger partial charge is 0.434 e. The quantitative estimate of drug-likeness (QED) is 0.606. The van der Waals surface area contributed by atoms with Crippen molar-refractivity contribution < 1.29 is 22.7 Å². The van der Waals surface area contributed by atoms with Crippen LogP contribution >= 0.6 is 0 Å². The largest absolute Gasteiger partial charge is 0.477 e. The van der Waals surface area contributed by atoms with Crippen LogP contribution in [0.5, 0.6) is 5.88 Å². The lowest BCUT2D eigenvalue weighted by atomic mass is 10.1. The standard InChI is InChI=1S/C22H21F3N4O2/c1-14-4-2-3-5-18(14)29-20(22(23,24)25)17(12-28-29)21(30)27-11-16-8-9-19(26-10-16)31-13-15-6-7-15/h2-5,8-10,12,15H,6-7,11,13H2,1H3,(H,27,30). The Morgan fingerprint density at radius 1 is 1.19 bits per heavy atom. The lowest BCUT2D eigenvalue weighted by Gasteiger charge is -2.14. The number of rotatable bonds is 7. The molecule has 1 aliphatic rings. The fraction of sp³-hybridized carbons (Fsp3) is 0.318. The zero-order valence-electron chi connectivity index (χ0n) is 16.8. The number of pyridine rings is 1. The van der Waals surface area contributed by atoms with Gasteiger partial charge in [0.1, 0.15) is 0 Å². The first-order valence-corrected chi connectivity index (χ1v) is 9.90. The highest BCUT2D eigenvalue weighted by molar-refractivity contribution is 5.95. The molecule has 2 aromatic heterocycles. The fourth-order valence-corrected chi connectivity index (χ4v) is 3.14. The first-order valence-electron chi connectivity index (χ1n) is 9.90. The van der Waals surface area contributed by atoms with Crippen LogP contribution in [0.4, 0.5) is 13.2 Å². The van der Waals surface area contributed by atoms with Gasteiger partial charge in [-0.3, -0.25) is 4.79 Å². The van der Waals surface area contributed by atoms with Crippen molar-refractivity contribution in [2.75, 3.05) is 6.61 Å². The summed E-state index contributed by atoms with van der Waals surface area (Å²) in [4.78, 5) is 16.7. The van der Waals surface area contributed by atoms with Crippen LogP contribution in [0.1, 0.15) is 40.0 Å². The van der Waals surface area contributed by atoms with Gasteiger partial charge in [0.05, 0.1) is 24.1 Å². The van der Waals surface area contributed by atoms with Gasteiger partial charge in [-0.15, -0.1) is 0 Å². The topological polar surface area (TPSA) is 69.0 Å². The van der Waals surface area contributed by atoms with Crippen molar-refractivity contribution in [3.63, 3.8) is 0 Å². The Bertz CT molecular complexity index is 1070. The van der Waals surface area contributed by atoms with Gasteiger partial charge in [-0.1, -0.05) is 24.3 Å². The molecule has 1 aromatic carbocycles. The first kappa shape index (κ1) is 20.9. The predicted octanol–water partition coefficient (Wildman–Crippen LogP) is 4.31. The van der Waals surface area contributed by atoms with E-state index in [2.05, 4.69) is 15.4 Å². The zero-order chi connectivity index (χ0) is 22.0. The van der Waals surface area contributed by atoms with Crippen molar-refractivity contribution in [3.05, 3.63) is 71.2 Å². The van der Waals surface area contributed by atoms with Gasteiger partial charge in [0.25, 0.3) is 5.91 Å². The van der Waals surface area contributed by atoms with E-state index in [0.717, 1.165) is 10.9 Å². The highest BCUT2D eigenvalue weighted by atomic mass is 19.4. The number of ether oxygens (including phenoxy) is 1. The van der Waals surface area contributed by atoms with Gasteiger partial charge in [-0.05, 0) is 42.9 Å². The Kier molecular flexibility index (Phi) is 5.67. The summed E-state index contributed by atoms with van der Waals surface area (Å²) in [5.41, 5.74) is -0.126. The van der Waals surface area contributed by atoms with Crippen molar-refractivity contribution in [2.24, 2.45) is 5.92 Å². The normalized spacial score (nSPS) is 13.8. The lowest BCUT2D eigenvalue weighted by Crippen LogP contribution is -2.26. The highest BCUT2D eigenvalue weighted by Gasteiger charge is 2.40. The highest BCUT2D eigenvalue weighted by Crippen LogP contribution is 2.34. The molecule has 0 spiro atoms. The molecule has 9 heteroatoms. The number of carbonyl (C=O) groups is 1. The number of para-hydroxylation sites is 1. The number of alkyl halides is 3. The number of nitrogens with zero attached hydrogens (tertiary/aromatic N) is 3. The number of aryl methyl sites for hydroxylation is 1. The van der Waals surface area contributed by atoms with Gasteiger partial charge >= 0.3 is 6.18 Å². The maximum atomic E-state index is 13.8. The first-order chi connectivity index (χ1) is 14.8. The molecular formula is C22H21F3N4O2. The summed E-state index contributed by atoms with van der Waals surface area (Å²) in [7, 11) is 0. The van der Waals surface area contributed by atoms with Crippen LogP contribution in [0.15, 0.2) is 48.8 Å². The molecule has 1 aliphatic carbocycles. The van der Waals surface area contributed by atoms with E-state index in [1.807, 2.05) is 0 Å². The van der Waals surface area contributed by atoms with E-state index in [-0.39, 0.29) is 12.2 Å². The van der Waals surface area contributed by atoms with Crippen molar-refractivity contribution in [2.45, 2.75) is 32.5 Å². The summed E-state index contributed by atoms with van der Waals surface area (Å²) in [6.07, 6.45) is 0.0596. The van der Waals surface area contributed by atoms with Gasteiger partial charge < -0.3 is 10.1 Å². The van der Waals surface area contributed by atoms with E-state index in [0.29, 0.717) is 29.5 Å². The Morgan fingerprint density at radius 2 is 1.97 bits per heavy atom. The molecule has 1 saturated carbocycles. The van der Waals surface area contributed by atoms with Crippen molar-refractivity contribution in [1.29, 1.82) is 0 Å². The van der Waals surface area contributed by atoms with E-state index in [1.165, 1.54) is 25.1 Å². The molecular weight excluding hydrogens is 409 g/mol. The van der Waals surface area contributed by atoms with Crippen molar-refractivity contribution in [1.82, 2.24) is 20.1 Å². The molecule has 1 fully saturated rings. The number of hydrogen-bond acceptors (Lipinski definition) is 4. The number of benzene rings is 1. The maximum Gasteiger partial charge on any atom is 0.434 e. The number of hydrogen-bond donors (Lipinski definition) is 1. The summed E-state index contributed by atoms with van der Waals surface area (Å²) in [5, 5.41) is 6.36. The van der Waals surface area contributed by atoms with Crippen molar-refractivity contribution in [3.8, 4) is 11.6 Å². The molecule has 0 aliphatic heterocycles. The third kappa shape index (κ3) is 4.87. The van der Waals surface area contributed by atoms with E-state index < -0.39 is 23.3 Å². The van der Waals surface area contributed by atoms with Crippen molar-refractivity contribution >= 4 is 5.91 Å². The number of aromatic nitrogens is 3. The Hall–Kier alpha value is -3.36. The second-order valence-electron chi connectivity index (χ2n) is 7.54. The minimum Gasteiger partial charge on any atom is -0.477 e. The Morgan fingerprint density at radius 3 is 2.61 bits per heavy atom.